The van der Waals surface area contributed by atoms with Crippen molar-refractivity contribution in [2.75, 3.05) is 39.4 Å². The first kappa shape index (κ1) is 23.9. The lowest BCUT2D eigenvalue weighted by molar-refractivity contribution is 0.0314. The van der Waals surface area contributed by atoms with E-state index in [1.54, 1.807) is 0 Å². The van der Waals surface area contributed by atoms with Crippen molar-refractivity contribution in [2.45, 2.75) is 32.2 Å². The van der Waals surface area contributed by atoms with E-state index in [1.807, 2.05) is 41.3 Å². The van der Waals surface area contributed by atoms with Crippen molar-refractivity contribution in [2.24, 2.45) is 0 Å². The topological polar surface area (TPSA) is 63.0 Å². The summed E-state index contributed by atoms with van der Waals surface area (Å²) in [4.78, 5) is 32.0. The Balaban J connectivity index is 1.49. The van der Waals surface area contributed by atoms with E-state index in [0.29, 0.717) is 36.3 Å². The number of nitrogens with zero attached hydrogens (tertiary/aromatic N) is 2. The van der Waals surface area contributed by atoms with Crippen molar-refractivity contribution >= 4 is 27.6 Å². The van der Waals surface area contributed by atoms with Crippen LogP contribution in [-0.2, 0) is 10.2 Å². The molecule has 0 spiro atoms. The molecular weight excluding hydrogens is 464 g/mol. The van der Waals surface area contributed by atoms with Gasteiger partial charge in [-0.2, -0.15) is 0 Å². The van der Waals surface area contributed by atoms with E-state index < -0.39 is 6.04 Å². The van der Waals surface area contributed by atoms with Crippen LogP contribution in [0.4, 0.5) is 0 Å². The summed E-state index contributed by atoms with van der Waals surface area (Å²) in [5.41, 5.74) is 2.93. The van der Waals surface area contributed by atoms with E-state index in [9.17, 15) is 9.59 Å². The number of fused-ring (bicyclic) bond motifs is 4. The third kappa shape index (κ3) is 4.14. The summed E-state index contributed by atoms with van der Waals surface area (Å²) in [6.07, 6.45) is 0. The molecule has 3 heterocycles. The Morgan fingerprint density at radius 2 is 1.59 bits per heavy atom. The molecule has 6 heteroatoms. The fourth-order valence-corrected chi connectivity index (χ4v) is 5.56. The van der Waals surface area contributed by atoms with Gasteiger partial charge in [0.15, 0.2) is 5.43 Å². The Morgan fingerprint density at radius 1 is 0.865 bits per heavy atom. The Hall–Kier alpha value is -3.48. The summed E-state index contributed by atoms with van der Waals surface area (Å²) in [6, 6.07) is 19.4. The third-order valence-corrected chi connectivity index (χ3v) is 7.71. The van der Waals surface area contributed by atoms with Crippen molar-refractivity contribution in [3.63, 3.8) is 0 Å². The minimum atomic E-state index is -0.482. The standard InChI is InChI=1S/C31H32N2O4/c1-31(2,3)22-11-8-21(9-12-22)26-25-27(34)24-13-10-20-6-4-5-7-23(20)28(24)37-29(25)30(35)33(26)15-14-32-16-18-36-19-17-32/h4-13,26H,14-19H2,1-3H3. The molecule has 1 unspecified atom stereocenters. The minimum Gasteiger partial charge on any atom is -0.450 e. The van der Waals surface area contributed by atoms with E-state index in [0.717, 1.165) is 36.0 Å². The minimum absolute atomic E-state index is 0.00817. The number of carbonyl (C=O) groups is 1. The van der Waals surface area contributed by atoms with Crippen LogP contribution in [0.2, 0.25) is 0 Å². The molecule has 6 rings (SSSR count). The zero-order valence-electron chi connectivity index (χ0n) is 21.6. The molecule has 1 saturated heterocycles. The molecule has 4 aromatic rings. The van der Waals surface area contributed by atoms with E-state index in [-0.39, 0.29) is 22.5 Å². The van der Waals surface area contributed by atoms with Crippen LogP contribution < -0.4 is 5.43 Å². The average molecular weight is 497 g/mol. The predicted molar refractivity (Wildman–Crippen MR) is 145 cm³/mol. The van der Waals surface area contributed by atoms with Gasteiger partial charge < -0.3 is 14.1 Å². The maximum Gasteiger partial charge on any atom is 0.290 e. The van der Waals surface area contributed by atoms with Gasteiger partial charge in [-0.05, 0) is 28.0 Å². The van der Waals surface area contributed by atoms with E-state index in [2.05, 4.69) is 49.9 Å². The molecular formula is C31H32N2O4. The van der Waals surface area contributed by atoms with Crippen molar-refractivity contribution in [1.82, 2.24) is 9.80 Å². The molecule has 0 aliphatic carbocycles. The number of carbonyl (C=O) groups excluding carboxylic acids is 1. The van der Waals surface area contributed by atoms with Gasteiger partial charge in [0, 0.05) is 31.6 Å². The third-order valence-electron chi connectivity index (χ3n) is 7.71. The Morgan fingerprint density at radius 3 is 2.32 bits per heavy atom. The number of morpholine rings is 1. The molecule has 1 atom stereocenters. The smallest absolute Gasteiger partial charge is 0.290 e. The maximum atomic E-state index is 14.0. The van der Waals surface area contributed by atoms with Gasteiger partial charge in [0.25, 0.3) is 5.91 Å². The lowest BCUT2D eigenvalue weighted by Crippen LogP contribution is -2.42. The molecule has 37 heavy (non-hydrogen) atoms. The van der Waals surface area contributed by atoms with Crippen LogP contribution in [0.25, 0.3) is 21.7 Å². The molecule has 0 N–H and O–H groups in total. The van der Waals surface area contributed by atoms with Gasteiger partial charge in [0.1, 0.15) is 5.58 Å². The van der Waals surface area contributed by atoms with Crippen molar-refractivity contribution in [1.29, 1.82) is 0 Å². The zero-order chi connectivity index (χ0) is 25.7. The van der Waals surface area contributed by atoms with Crippen LogP contribution >= 0.6 is 0 Å². The molecule has 0 saturated carbocycles. The molecule has 0 bridgehead atoms. The number of benzene rings is 3. The Bertz CT molecular complexity index is 1540. The highest BCUT2D eigenvalue weighted by Gasteiger charge is 2.43. The van der Waals surface area contributed by atoms with Crippen LogP contribution in [0.5, 0.6) is 0 Å². The number of hydrogen-bond donors (Lipinski definition) is 0. The molecule has 3 aromatic carbocycles. The Kier molecular flexibility index (Phi) is 5.89. The Labute approximate surface area is 216 Å². The second-order valence-electron chi connectivity index (χ2n) is 11.1. The fraction of sp³-hybridized carbons (Fsp3) is 0.355. The summed E-state index contributed by atoms with van der Waals surface area (Å²) < 4.78 is 11.8. The quantitative estimate of drug-likeness (QED) is 0.367. The second-order valence-corrected chi connectivity index (χ2v) is 11.1. The fourth-order valence-electron chi connectivity index (χ4n) is 5.56. The lowest BCUT2D eigenvalue weighted by atomic mass is 9.86. The molecule has 2 aliphatic heterocycles. The van der Waals surface area contributed by atoms with Gasteiger partial charge >= 0.3 is 0 Å². The summed E-state index contributed by atoms with van der Waals surface area (Å²) in [5.74, 6) is -0.0548. The van der Waals surface area contributed by atoms with Crippen LogP contribution in [0.3, 0.4) is 0 Å². The van der Waals surface area contributed by atoms with Gasteiger partial charge in [-0.15, -0.1) is 0 Å². The average Bonchev–Trinajstić information content (AvgIpc) is 3.19. The maximum absolute atomic E-state index is 14.0. The highest BCUT2D eigenvalue weighted by Crippen LogP contribution is 2.39. The molecule has 1 aromatic heterocycles. The molecule has 190 valence electrons. The monoisotopic (exact) mass is 496 g/mol. The number of hydrogen-bond acceptors (Lipinski definition) is 5. The van der Waals surface area contributed by atoms with Crippen LogP contribution in [0.15, 0.2) is 69.9 Å². The first-order valence-electron chi connectivity index (χ1n) is 13.0. The zero-order valence-corrected chi connectivity index (χ0v) is 21.6. The number of ether oxygens (including phenoxy) is 1. The predicted octanol–water partition coefficient (Wildman–Crippen LogP) is 5.12. The number of rotatable bonds is 4. The van der Waals surface area contributed by atoms with Crippen LogP contribution in [0, 0.1) is 0 Å². The van der Waals surface area contributed by atoms with Crippen molar-refractivity contribution in [3.8, 4) is 0 Å². The summed E-state index contributed by atoms with van der Waals surface area (Å²) in [5, 5.41) is 2.32. The summed E-state index contributed by atoms with van der Waals surface area (Å²) in [6.45, 7) is 10.8. The highest BCUT2D eigenvalue weighted by atomic mass is 16.5. The summed E-state index contributed by atoms with van der Waals surface area (Å²) >= 11 is 0. The molecule has 1 fully saturated rings. The van der Waals surface area contributed by atoms with Gasteiger partial charge in [-0.25, -0.2) is 0 Å². The van der Waals surface area contributed by atoms with Gasteiger partial charge in [0.2, 0.25) is 5.76 Å². The molecule has 0 radical (unpaired) electrons. The van der Waals surface area contributed by atoms with Crippen molar-refractivity contribution < 1.29 is 13.9 Å². The highest BCUT2D eigenvalue weighted by molar-refractivity contribution is 6.06. The second kappa shape index (κ2) is 9.12. The van der Waals surface area contributed by atoms with Crippen LogP contribution in [-0.4, -0.2) is 55.1 Å². The van der Waals surface area contributed by atoms with Crippen LogP contribution in [0.1, 0.15) is 54.1 Å². The number of amides is 1. The van der Waals surface area contributed by atoms with Gasteiger partial charge in [0.05, 0.1) is 30.2 Å². The van der Waals surface area contributed by atoms with E-state index >= 15 is 0 Å². The lowest BCUT2D eigenvalue weighted by Gasteiger charge is -2.31. The largest absolute Gasteiger partial charge is 0.450 e. The van der Waals surface area contributed by atoms with E-state index in [1.165, 1.54) is 5.56 Å². The molecule has 6 nitrogen and oxygen atoms in total. The SMILES string of the molecule is CC(C)(C)c1ccc(C2c3c(oc4c(ccc5ccccc54)c3=O)C(=O)N2CCN2CCOCC2)cc1. The van der Waals surface area contributed by atoms with E-state index in [4.69, 9.17) is 9.15 Å². The first-order chi connectivity index (χ1) is 17.8. The molecule has 2 aliphatic rings. The van der Waals surface area contributed by atoms with Gasteiger partial charge in [-0.1, -0.05) is 75.4 Å². The first-order valence-corrected chi connectivity index (χ1v) is 13.0. The van der Waals surface area contributed by atoms with Gasteiger partial charge in [-0.3, -0.25) is 14.5 Å². The normalized spacial score (nSPS) is 18.6. The van der Waals surface area contributed by atoms with Crippen molar-refractivity contribution in [3.05, 3.63) is 93.3 Å². The molecule has 1 amide bonds. The summed E-state index contributed by atoms with van der Waals surface area (Å²) in [7, 11) is 0.